The van der Waals surface area contributed by atoms with Gasteiger partial charge in [-0.25, -0.2) is 0 Å². The number of hydrogen-bond acceptors (Lipinski definition) is 4. The summed E-state index contributed by atoms with van der Waals surface area (Å²) in [6.07, 6.45) is 2.86. The first-order valence-corrected chi connectivity index (χ1v) is 5.45. The van der Waals surface area contributed by atoms with Crippen LogP contribution in [0.15, 0.2) is 36.7 Å². The van der Waals surface area contributed by atoms with Gasteiger partial charge in [-0.2, -0.15) is 0 Å². The van der Waals surface area contributed by atoms with Gasteiger partial charge in [0.25, 0.3) is 5.91 Å². The van der Waals surface area contributed by atoms with Crippen molar-refractivity contribution in [2.24, 2.45) is 0 Å². The first-order chi connectivity index (χ1) is 8.58. The number of nitrogen functional groups attached to an aromatic ring is 1. The predicted octanol–water partition coefficient (Wildman–Crippen LogP) is 2.28. The molecule has 2 rings (SSSR count). The van der Waals surface area contributed by atoms with Gasteiger partial charge in [-0.3, -0.25) is 9.78 Å². The number of nitrogens with zero attached hydrogens (tertiary/aromatic N) is 1. The Morgan fingerprint density at radius 1 is 1.39 bits per heavy atom. The number of aromatic hydroxyl groups is 1. The first-order valence-electron chi connectivity index (χ1n) is 5.07. The molecule has 0 aliphatic rings. The number of amides is 1. The minimum Gasteiger partial charge on any atom is -0.508 e. The maximum absolute atomic E-state index is 11.9. The molecule has 1 aromatic heterocycles. The fraction of sp³-hybridized carbons (Fsp3) is 0. The number of aromatic nitrogens is 1. The molecule has 18 heavy (non-hydrogen) atoms. The molecule has 0 fully saturated rings. The predicted molar refractivity (Wildman–Crippen MR) is 69.7 cm³/mol. The summed E-state index contributed by atoms with van der Waals surface area (Å²) < 4.78 is 0. The molecule has 0 saturated carbocycles. The van der Waals surface area contributed by atoms with Crippen molar-refractivity contribution in [1.29, 1.82) is 0 Å². The number of pyridine rings is 1. The summed E-state index contributed by atoms with van der Waals surface area (Å²) >= 11 is 5.86. The lowest BCUT2D eigenvalue weighted by Gasteiger charge is -2.09. The molecule has 1 amide bonds. The lowest BCUT2D eigenvalue weighted by Crippen LogP contribution is -2.13. The number of carbonyl (C=O) groups is 1. The highest BCUT2D eigenvalue weighted by Gasteiger charge is 2.11. The number of phenols is 1. The summed E-state index contributed by atoms with van der Waals surface area (Å²) in [5.74, 6) is -0.354. The van der Waals surface area contributed by atoms with Gasteiger partial charge >= 0.3 is 0 Å². The van der Waals surface area contributed by atoms with E-state index in [0.717, 1.165) is 0 Å². The Labute approximate surface area is 108 Å². The van der Waals surface area contributed by atoms with Crippen LogP contribution in [0, 0.1) is 0 Å². The summed E-state index contributed by atoms with van der Waals surface area (Å²) in [5.41, 5.74) is 6.65. The van der Waals surface area contributed by atoms with E-state index in [1.165, 1.54) is 36.7 Å². The van der Waals surface area contributed by atoms with Gasteiger partial charge in [0.1, 0.15) is 5.75 Å². The Hall–Kier alpha value is -2.27. The molecule has 0 bridgehead atoms. The molecule has 0 unspecified atom stereocenters. The SMILES string of the molecule is Nc1cc(O)ccc1NC(=O)c1ccncc1Cl. The number of nitrogens with two attached hydrogens (primary N) is 1. The van der Waals surface area contributed by atoms with E-state index in [9.17, 15) is 9.90 Å². The number of rotatable bonds is 2. The summed E-state index contributed by atoms with van der Waals surface area (Å²) in [5, 5.41) is 12.1. The Bertz CT molecular complexity index is 602. The van der Waals surface area contributed by atoms with Crippen molar-refractivity contribution >= 4 is 28.9 Å². The number of anilines is 2. The lowest BCUT2D eigenvalue weighted by atomic mass is 10.2. The fourth-order valence-electron chi connectivity index (χ4n) is 1.41. The molecule has 0 aliphatic heterocycles. The Morgan fingerprint density at radius 2 is 2.17 bits per heavy atom. The third-order valence-electron chi connectivity index (χ3n) is 2.30. The van der Waals surface area contributed by atoms with Crippen molar-refractivity contribution in [3.8, 4) is 5.75 Å². The number of hydrogen-bond donors (Lipinski definition) is 3. The monoisotopic (exact) mass is 263 g/mol. The zero-order valence-corrected chi connectivity index (χ0v) is 9.98. The zero-order valence-electron chi connectivity index (χ0n) is 9.22. The summed E-state index contributed by atoms with van der Waals surface area (Å²) in [6, 6.07) is 5.80. The molecule has 0 aliphatic carbocycles. The van der Waals surface area contributed by atoms with Gasteiger partial charge in [0.15, 0.2) is 0 Å². The molecule has 0 spiro atoms. The van der Waals surface area contributed by atoms with Crippen LogP contribution in [0.3, 0.4) is 0 Å². The molecule has 1 heterocycles. The molecule has 6 heteroatoms. The molecule has 92 valence electrons. The van der Waals surface area contributed by atoms with Crippen molar-refractivity contribution in [2.75, 3.05) is 11.1 Å². The normalized spacial score (nSPS) is 10.1. The average Bonchev–Trinajstić information content (AvgIpc) is 2.33. The van der Waals surface area contributed by atoms with Gasteiger partial charge < -0.3 is 16.2 Å². The van der Waals surface area contributed by atoms with Crippen LogP contribution in [0.25, 0.3) is 0 Å². The Kier molecular flexibility index (Phi) is 3.34. The molecule has 4 N–H and O–H groups in total. The first kappa shape index (κ1) is 12.2. The number of carbonyl (C=O) groups excluding carboxylic acids is 1. The van der Waals surface area contributed by atoms with E-state index in [4.69, 9.17) is 17.3 Å². The molecule has 0 saturated heterocycles. The minimum absolute atomic E-state index is 0.0347. The summed E-state index contributed by atoms with van der Waals surface area (Å²) in [6.45, 7) is 0. The molecule has 0 atom stereocenters. The van der Waals surface area contributed by atoms with E-state index in [1.54, 1.807) is 0 Å². The Morgan fingerprint density at radius 3 is 2.83 bits per heavy atom. The van der Waals surface area contributed by atoms with Gasteiger partial charge in [0, 0.05) is 18.5 Å². The number of phenolic OH excluding ortho intramolecular Hbond substituents is 1. The van der Waals surface area contributed by atoms with Crippen molar-refractivity contribution < 1.29 is 9.90 Å². The molecule has 0 radical (unpaired) electrons. The molecule has 2 aromatic rings. The minimum atomic E-state index is -0.389. The van der Waals surface area contributed by atoms with Crippen molar-refractivity contribution in [3.63, 3.8) is 0 Å². The molecular formula is C12H10ClN3O2. The Balaban J connectivity index is 2.24. The van der Waals surface area contributed by atoms with E-state index in [2.05, 4.69) is 10.3 Å². The second-order valence-electron chi connectivity index (χ2n) is 3.58. The van der Waals surface area contributed by atoms with E-state index < -0.39 is 0 Å². The van der Waals surface area contributed by atoms with E-state index in [1.807, 2.05) is 0 Å². The van der Waals surface area contributed by atoms with Crippen molar-refractivity contribution in [2.45, 2.75) is 0 Å². The number of nitrogens with one attached hydrogen (secondary N) is 1. The second-order valence-corrected chi connectivity index (χ2v) is 3.99. The number of benzene rings is 1. The van der Waals surface area contributed by atoms with Crippen LogP contribution in [0.4, 0.5) is 11.4 Å². The highest BCUT2D eigenvalue weighted by molar-refractivity contribution is 6.34. The quantitative estimate of drug-likeness (QED) is 0.573. The van der Waals surface area contributed by atoms with Crippen molar-refractivity contribution in [3.05, 3.63) is 47.2 Å². The van der Waals surface area contributed by atoms with E-state index in [0.29, 0.717) is 11.3 Å². The zero-order chi connectivity index (χ0) is 13.1. The number of halogens is 1. The third kappa shape index (κ3) is 2.52. The average molecular weight is 264 g/mol. The van der Waals surface area contributed by atoms with Crippen LogP contribution < -0.4 is 11.1 Å². The molecule has 5 nitrogen and oxygen atoms in total. The summed E-state index contributed by atoms with van der Waals surface area (Å²) in [4.78, 5) is 15.7. The fourth-order valence-corrected chi connectivity index (χ4v) is 1.62. The highest BCUT2D eigenvalue weighted by Crippen LogP contribution is 2.24. The lowest BCUT2D eigenvalue weighted by molar-refractivity contribution is 0.102. The van der Waals surface area contributed by atoms with Gasteiger partial charge in [0.2, 0.25) is 0 Å². The van der Waals surface area contributed by atoms with Crippen LogP contribution in [0.1, 0.15) is 10.4 Å². The standard InChI is InChI=1S/C12H10ClN3O2/c13-9-6-15-4-3-8(9)12(18)16-11-2-1-7(17)5-10(11)14/h1-6,17H,14H2,(H,16,18). The van der Waals surface area contributed by atoms with Gasteiger partial charge in [-0.05, 0) is 18.2 Å². The molecule has 1 aromatic carbocycles. The maximum Gasteiger partial charge on any atom is 0.257 e. The van der Waals surface area contributed by atoms with Crippen LogP contribution in [-0.4, -0.2) is 16.0 Å². The second kappa shape index (κ2) is 4.93. The molecular weight excluding hydrogens is 254 g/mol. The van der Waals surface area contributed by atoms with Crippen LogP contribution >= 0.6 is 11.6 Å². The van der Waals surface area contributed by atoms with Gasteiger partial charge in [-0.15, -0.1) is 0 Å². The van der Waals surface area contributed by atoms with E-state index >= 15 is 0 Å². The highest BCUT2D eigenvalue weighted by atomic mass is 35.5. The van der Waals surface area contributed by atoms with Crippen molar-refractivity contribution in [1.82, 2.24) is 4.98 Å². The van der Waals surface area contributed by atoms with E-state index in [-0.39, 0.29) is 22.4 Å². The van der Waals surface area contributed by atoms with Gasteiger partial charge in [0.05, 0.1) is 22.0 Å². The topological polar surface area (TPSA) is 88.2 Å². The summed E-state index contributed by atoms with van der Waals surface area (Å²) in [7, 11) is 0. The maximum atomic E-state index is 11.9. The van der Waals surface area contributed by atoms with Crippen LogP contribution in [0.5, 0.6) is 5.75 Å². The van der Waals surface area contributed by atoms with Crippen LogP contribution in [0.2, 0.25) is 5.02 Å². The van der Waals surface area contributed by atoms with Crippen LogP contribution in [-0.2, 0) is 0 Å². The third-order valence-corrected chi connectivity index (χ3v) is 2.60. The largest absolute Gasteiger partial charge is 0.508 e. The van der Waals surface area contributed by atoms with Gasteiger partial charge in [-0.1, -0.05) is 11.6 Å². The smallest absolute Gasteiger partial charge is 0.257 e.